The Balaban J connectivity index is -0.00000103. The van der Waals surface area contributed by atoms with E-state index in [9.17, 15) is 25.2 Å². The van der Waals surface area contributed by atoms with Gasteiger partial charge in [0, 0.05) is 17.1 Å². The molecule has 3 atom stereocenters. The van der Waals surface area contributed by atoms with Crippen LogP contribution < -0.4 is 10.6 Å². The molecular formula is C32H40F6FeO3P2. The molecule has 246 valence electrons. The number of halogens is 6. The number of allylic oxidation sites excluding steroid dienone is 3. The second-order valence-corrected chi connectivity index (χ2v) is 16.6. The first kappa shape index (κ1) is 46.5. The van der Waals surface area contributed by atoms with Crippen molar-refractivity contribution >= 4 is 25.7 Å². The largest absolute Gasteiger partial charge is 0 e. The zero-order chi connectivity index (χ0) is 34.1. The van der Waals surface area contributed by atoms with Crippen LogP contribution in [-0.2, 0) is 31.0 Å². The minimum atomic E-state index is -10.7. The van der Waals surface area contributed by atoms with Crippen LogP contribution in [-0.4, -0.2) is 11.8 Å². The fourth-order valence-corrected chi connectivity index (χ4v) is 11.6. The van der Waals surface area contributed by atoms with Crippen molar-refractivity contribution in [2.24, 2.45) is 17.8 Å². The molecule has 0 heterocycles. The van der Waals surface area contributed by atoms with Crippen LogP contribution in [0.15, 0.2) is 84.5 Å². The predicted octanol–water partition coefficient (Wildman–Crippen LogP) is 10.9. The average molecular weight is 704 g/mol. The molecule has 0 spiro atoms. The summed E-state index contributed by atoms with van der Waals surface area (Å²) in [5.41, 5.74) is 3.37. The van der Waals surface area contributed by atoms with Crippen molar-refractivity contribution in [2.75, 3.05) is 6.16 Å². The summed E-state index contributed by atoms with van der Waals surface area (Å²) in [5.74, 6) is 2.31. The Morgan fingerprint density at radius 3 is 1.52 bits per heavy atom. The molecule has 0 bridgehead atoms. The van der Waals surface area contributed by atoms with E-state index < -0.39 is 15.1 Å². The Morgan fingerprint density at radius 2 is 1.20 bits per heavy atom. The van der Waals surface area contributed by atoms with Gasteiger partial charge in [0.1, 0.15) is 0 Å². The first-order chi connectivity index (χ1) is 19.8. The normalized spacial score (nSPS) is 19.4. The summed E-state index contributed by atoms with van der Waals surface area (Å²) in [7, 11) is -12.3. The third-order valence-corrected chi connectivity index (χ3v) is 12.1. The fraction of sp³-hybridized carbons (Fsp3) is 0.406. The van der Waals surface area contributed by atoms with Gasteiger partial charge in [0.25, 0.3) is 0 Å². The molecule has 1 aliphatic rings. The van der Waals surface area contributed by atoms with E-state index in [0.29, 0.717) is 0 Å². The molecule has 1 saturated carbocycles. The van der Waals surface area contributed by atoms with Gasteiger partial charge in [-0.15, -0.1) is 0 Å². The van der Waals surface area contributed by atoms with Crippen molar-refractivity contribution in [3.8, 4) is 0 Å². The van der Waals surface area contributed by atoms with Gasteiger partial charge in [-0.1, -0.05) is 81.8 Å². The van der Waals surface area contributed by atoms with E-state index in [1.807, 2.05) is 0 Å². The monoisotopic (exact) mass is 704 g/mol. The third kappa shape index (κ3) is 18.2. The molecular weight excluding hydrogens is 664 g/mol. The summed E-state index contributed by atoms with van der Waals surface area (Å²) in [4.78, 5) is 0. The topological polar surface area (TPSA) is 59.7 Å². The van der Waals surface area contributed by atoms with Crippen LogP contribution >= 0.6 is 15.1 Å². The van der Waals surface area contributed by atoms with E-state index >= 15 is 0 Å². The maximum atomic E-state index is 9.87. The van der Waals surface area contributed by atoms with E-state index in [4.69, 9.17) is 14.0 Å². The zero-order valence-corrected chi connectivity index (χ0v) is 28.3. The van der Waals surface area contributed by atoms with Crippen LogP contribution in [0, 0.1) is 37.7 Å². The van der Waals surface area contributed by atoms with Crippen LogP contribution in [0.3, 0.4) is 0 Å². The molecule has 3 nitrogen and oxygen atoms in total. The Labute approximate surface area is 269 Å². The van der Waals surface area contributed by atoms with Gasteiger partial charge < -0.3 is 0 Å². The van der Waals surface area contributed by atoms with Crippen LogP contribution in [0.25, 0.3) is 0 Å². The Bertz CT molecular complexity index is 1150. The van der Waals surface area contributed by atoms with E-state index in [2.05, 4.69) is 128 Å². The standard InChI is InChI=1S/C29H40P.3CO.F6P.Fe/c1-22(2)19-25(6)21-30(26-13-9-7-10-14-26,27-15-11-8-12-16-27)29-20-24(5)17-18-28(29)23(3)4;3*1-2;1-7(2,3,4,5)6;/h7-16,19,23-24,28-29H,1,17-18,20-21H2,2-6H3;;;;;/q+1;;;;-1;/b25-19-;;;;;/t24-,28+,29+;;;;;/m1...../s1. The van der Waals surface area contributed by atoms with Gasteiger partial charge in [-0.2, -0.15) is 0 Å². The molecule has 0 N–H and O–H groups in total. The minimum Gasteiger partial charge on any atom is 0 e. The zero-order valence-electron chi connectivity index (χ0n) is 25.4. The second-order valence-electron chi connectivity index (χ2n) is 10.9. The van der Waals surface area contributed by atoms with Crippen LogP contribution in [0.5, 0.6) is 0 Å². The first-order valence-corrected chi connectivity index (χ1v) is 17.4. The van der Waals surface area contributed by atoms with Crippen molar-refractivity contribution in [3.63, 3.8) is 0 Å². The molecule has 12 heteroatoms. The number of rotatable bonds is 7. The molecule has 0 unspecified atom stereocenters. The molecule has 2 aromatic carbocycles. The molecule has 3 rings (SSSR count). The van der Waals surface area contributed by atoms with Crippen molar-refractivity contribution in [1.82, 2.24) is 0 Å². The number of hydrogen-bond acceptors (Lipinski definition) is 0. The minimum absolute atomic E-state index is 0. The average Bonchev–Trinajstić information content (AvgIpc) is 2.94. The van der Waals surface area contributed by atoms with Gasteiger partial charge in [0.05, 0.1) is 29.7 Å². The smallest absolute Gasteiger partial charge is 0 e. The van der Waals surface area contributed by atoms with Crippen molar-refractivity contribution in [3.05, 3.63) is 104 Å². The summed E-state index contributed by atoms with van der Waals surface area (Å²) in [5, 5.41) is 3.16. The van der Waals surface area contributed by atoms with Crippen LogP contribution in [0.4, 0.5) is 25.2 Å². The molecule has 0 radical (unpaired) electrons. The van der Waals surface area contributed by atoms with Gasteiger partial charge >= 0.3 is 66.9 Å². The predicted molar refractivity (Wildman–Crippen MR) is 163 cm³/mol. The molecule has 0 saturated heterocycles. The summed E-state index contributed by atoms with van der Waals surface area (Å²) >= 11 is 0. The van der Waals surface area contributed by atoms with E-state index in [1.165, 1.54) is 24.8 Å². The number of benzene rings is 2. The van der Waals surface area contributed by atoms with E-state index in [0.717, 1.165) is 35.1 Å². The Kier molecular flexibility index (Phi) is 20.7. The first-order valence-electron chi connectivity index (χ1n) is 13.3. The molecule has 0 aliphatic heterocycles. The quantitative estimate of drug-likeness (QED) is 0.0688. The van der Waals surface area contributed by atoms with Crippen molar-refractivity contribution < 1.29 is 56.2 Å². The third-order valence-electron chi connectivity index (χ3n) is 6.98. The number of hydrogen-bond donors (Lipinski definition) is 0. The maximum absolute atomic E-state index is 10.7. The Hall–Kier alpha value is -1.90. The summed E-state index contributed by atoms with van der Waals surface area (Å²) in [6.07, 6.45) is 7.57. The van der Waals surface area contributed by atoms with Gasteiger partial charge in [-0.25, -0.2) is 0 Å². The summed E-state index contributed by atoms with van der Waals surface area (Å²) < 4.78 is 81.7. The Morgan fingerprint density at radius 1 is 0.841 bits per heavy atom. The maximum Gasteiger partial charge on any atom is 0 e. The van der Waals surface area contributed by atoms with E-state index in [1.54, 1.807) is 10.6 Å². The van der Waals surface area contributed by atoms with Crippen molar-refractivity contribution in [2.45, 2.75) is 59.5 Å². The molecule has 0 aromatic heterocycles. The van der Waals surface area contributed by atoms with Crippen LogP contribution in [0.2, 0.25) is 0 Å². The molecule has 44 heavy (non-hydrogen) atoms. The van der Waals surface area contributed by atoms with Gasteiger partial charge in [0.15, 0.2) is 0 Å². The molecule has 1 aliphatic carbocycles. The second kappa shape index (κ2) is 19.6. The molecule has 1 fully saturated rings. The molecule has 0 amide bonds. The fourth-order valence-electron chi connectivity index (χ4n) is 5.74. The van der Waals surface area contributed by atoms with Crippen LogP contribution in [0.1, 0.15) is 53.9 Å². The van der Waals surface area contributed by atoms with Crippen molar-refractivity contribution in [1.29, 1.82) is 0 Å². The summed E-state index contributed by atoms with van der Waals surface area (Å²) in [6.45, 7) is 29.5. The van der Waals surface area contributed by atoms with Gasteiger partial charge in [0.2, 0.25) is 0 Å². The molecule has 2 aromatic rings. The van der Waals surface area contributed by atoms with E-state index in [-0.39, 0.29) is 17.1 Å². The SMILES string of the molecule is C=C(C)/C=C(/C)C[P+](c1ccccc1)(c1ccccc1)[C@H]1C[C@H](C)CC[C@H]1C(C)C.F[P-](F)(F)(F)(F)F.[C-]#[O+].[C-]#[O+].[C-]#[O+].[Fe]. The summed E-state index contributed by atoms with van der Waals surface area (Å²) in [6, 6.07) is 23.0. The van der Waals surface area contributed by atoms with Gasteiger partial charge in [-0.05, 0) is 74.3 Å². The van der Waals surface area contributed by atoms with Gasteiger partial charge in [-0.3, -0.25) is 0 Å².